The first kappa shape index (κ1) is 14.1. The molecule has 1 heterocycles. The zero-order valence-corrected chi connectivity index (χ0v) is 11.4. The first-order valence-electron chi connectivity index (χ1n) is 6.40. The first-order chi connectivity index (χ1) is 9.78. The van der Waals surface area contributed by atoms with Crippen LogP contribution >= 0.6 is 0 Å². The minimum Gasteiger partial charge on any atom is -0.497 e. The number of benzene rings is 1. The van der Waals surface area contributed by atoms with Crippen molar-refractivity contribution >= 4 is 5.91 Å². The molecule has 1 aromatic heterocycles. The summed E-state index contributed by atoms with van der Waals surface area (Å²) in [6.07, 6.45) is 1.61. The molecule has 0 fully saturated rings. The molecule has 0 atom stereocenters. The maximum atomic E-state index is 11.6. The fourth-order valence-corrected chi connectivity index (χ4v) is 1.72. The van der Waals surface area contributed by atoms with E-state index < -0.39 is 0 Å². The topological polar surface area (TPSA) is 63.5 Å². The van der Waals surface area contributed by atoms with Crippen LogP contribution in [0.5, 0.6) is 5.75 Å². The summed E-state index contributed by atoms with van der Waals surface area (Å²) in [4.78, 5) is 11.6. The second kappa shape index (κ2) is 7.35. The Balaban J connectivity index is 1.66. The van der Waals surface area contributed by atoms with Crippen LogP contribution < -0.4 is 15.4 Å². The van der Waals surface area contributed by atoms with E-state index in [0.29, 0.717) is 13.1 Å². The molecule has 0 bridgehead atoms. The molecule has 5 heteroatoms. The molecule has 106 valence electrons. The van der Waals surface area contributed by atoms with Gasteiger partial charge in [-0.05, 0) is 29.8 Å². The predicted molar refractivity (Wildman–Crippen MR) is 75.3 cm³/mol. The van der Waals surface area contributed by atoms with Crippen molar-refractivity contribution in [3.63, 3.8) is 0 Å². The molecule has 0 aliphatic heterocycles. The van der Waals surface area contributed by atoms with Gasteiger partial charge in [-0.3, -0.25) is 4.79 Å². The van der Waals surface area contributed by atoms with E-state index in [1.54, 1.807) is 13.4 Å². The van der Waals surface area contributed by atoms with Crippen LogP contribution in [0.1, 0.15) is 11.3 Å². The Morgan fingerprint density at radius 2 is 2.00 bits per heavy atom. The quantitative estimate of drug-likeness (QED) is 0.806. The lowest BCUT2D eigenvalue weighted by Crippen LogP contribution is -2.33. The van der Waals surface area contributed by atoms with Crippen molar-refractivity contribution in [1.82, 2.24) is 10.6 Å². The predicted octanol–water partition coefficient (Wildman–Crippen LogP) is 1.69. The zero-order chi connectivity index (χ0) is 14.2. The Morgan fingerprint density at radius 1 is 1.20 bits per heavy atom. The molecule has 0 aliphatic rings. The summed E-state index contributed by atoms with van der Waals surface area (Å²) in [6.45, 7) is 1.31. The van der Waals surface area contributed by atoms with Gasteiger partial charge in [0.15, 0.2) is 0 Å². The number of amides is 1. The van der Waals surface area contributed by atoms with Crippen LogP contribution in [0.15, 0.2) is 47.1 Å². The number of methoxy groups -OCH3 is 1. The van der Waals surface area contributed by atoms with Crippen LogP contribution in [0, 0.1) is 0 Å². The van der Waals surface area contributed by atoms with Crippen molar-refractivity contribution in [3.05, 3.63) is 54.0 Å². The maximum Gasteiger partial charge on any atom is 0.234 e. The van der Waals surface area contributed by atoms with Gasteiger partial charge < -0.3 is 19.8 Å². The number of hydrogen-bond acceptors (Lipinski definition) is 4. The Morgan fingerprint density at radius 3 is 2.65 bits per heavy atom. The van der Waals surface area contributed by atoms with Gasteiger partial charge in [0.1, 0.15) is 11.5 Å². The Labute approximate surface area is 117 Å². The fraction of sp³-hybridized carbons (Fsp3) is 0.267. The van der Waals surface area contributed by atoms with Crippen molar-refractivity contribution in [2.75, 3.05) is 13.7 Å². The number of carbonyl (C=O) groups excluding carboxylic acids is 1. The smallest absolute Gasteiger partial charge is 0.234 e. The average molecular weight is 274 g/mol. The second-order valence-corrected chi connectivity index (χ2v) is 4.31. The van der Waals surface area contributed by atoms with Gasteiger partial charge in [-0.2, -0.15) is 0 Å². The van der Waals surface area contributed by atoms with Gasteiger partial charge in [0.05, 0.1) is 26.5 Å². The summed E-state index contributed by atoms with van der Waals surface area (Å²) in [5.74, 6) is 1.57. The third kappa shape index (κ3) is 4.44. The molecule has 0 saturated heterocycles. The number of hydrogen-bond donors (Lipinski definition) is 2. The largest absolute Gasteiger partial charge is 0.497 e. The van der Waals surface area contributed by atoms with E-state index in [1.165, 1.54) is 0 Å². The Bertz CT molecular complexity index is 521. The van der Waals surface area contributed by atoms with Crippen LogP contribution in [-0.2, 0) is 17.9 Å². The highest BCUT2D eigenvalue weighted by Gasteiger charge is 2.02. The highest BCUT2D eigenvalue weighted by Crippen LogP contribution is 2.10. The summed E-state index contributed by atoms with van der Waals surface area (Å²) in [6, 6.07) is 11.3. The Hall–Kier alpha value is -2.27. The second-order valence-electron chi connectivity index (χ2n) is 4.31. The molecule has 2 aromatic rings. The molecule has 2 rings (SSSR count). The molecule has 0 saturated carbocycles. The van der Waals surface area contributed by atoms with Crippen LogP contribution in [0.3, 0.4) is 0 Å². The summed E-state index contributed by atoms with van der Waals surface area (Å²) in [7, 11) is 1.63. The highest BCUT2D eigenvalue weighted by atomic mass is 16.5. The molecule has 0 unspecified atom stereocenters. The number of ether oxygens (including phenoxy) is 1. The molecule has 1 aromatic carbocycles. The standard InChI is InChI=1S/C15H18N2O3/c1-19-13-6-4-12(5-7-13)9-17-15(18)11-16-10-14-3-2-8-20-14/h2-8,16H,9-11H2,1H3,(H,17,18). The Kier molecular flexibility index (Phi) is 5.20. The van der Waals surface area contributed by atoms with E-state index in [1.807, 2.05) is 36.4 Å². The molecular weight excluding hydrogens is 256 g/mol. The fourth-order valence-electron chi connectivity index (χ4n) is 1.72. The summed E-state index contributed by atoms with van der Waals surface area (Å²) in [5.41, 5.74) is 1.03. The lowest BCUT2D eigenvalue weighted by molar-refractivity contribution is -0.120. The van der Waals surface area contributed by atoms with Gasteiger partial charge in [-0.25, -0.2) is 0 Å². The first-order valence-corrected chi connectivity index (χ1v) is 6.40. The van der Waals surface area contributed by atoms with E-state index in [0.717, 1.165) is 17.1 Å². The van der Waals surface area contributed by atoms with Gasteiger partial charge in [-0.15, -0.1) is 0 Å². The van der Waals surface area contributed by atoms with Crippen molar-refractivity contribution in [1.29, 1.82) is 0 Å². The zero-order valence-electron chi connectivity index (χ0n) is 11.4. The number of furan rings is 1. The number of carbonyl (C=O) groups is 1. The molecule has 5 nitrogen and oxygen atoms in total. The molecule has 0 radical (unpaired) electrons. The van der Waals surface area contributed by atoms with Gasteiger partial charge in [0.2, 0.25) is 5.91 Å². The van der Waals surface area contributed by atoms with Gasteiger partial charge in [0, 0.05) is 6.54 Å². The molecule has 2 N–H and O–H groups in total. The monoisotopic (exact) mass is 274 g/mol. The van der Waals surface area contributed by atoms with E-state index in [4.69, 9.17) is 9.15 Å². The highest BCUT2D eigenvalue weighted by molar-refractivity contribution is 5.77. The molecule has 0 spiro atoms. The molecule has 0 aliphatic carbocycles. The van der Waals surface area contributed by atoms with E-state index >= 15 is 0 Å². The van der Waals surface area contributed by atoms with Crippen molar-refractivity contribution < 1.29 is 13.9 Å². The van der Waals surface area contributed by atoms with Crippen LogP contribution in [0.4, 0.5) is 0 Å². The summed E-state index contributed by atoms with van der Waals surface area (Å²) < 4.78 is 10.2. The van der Waals surface area contributed by atoms with Gasteiger partial charge in [-0.1, -0.05) is 12.1 Å². The van der Waals surface area contributed by atoms with E-state index in [-0.39, 0.29) is 12.5 Å². The normalized spacial score (nSPS) is 10.2. The SMILES string of the molecule is COc1ccc(CNC(=O)CNCc2ccco2)cc1. The number of nitrogens with one attached hydrogen (secondary N) is 2. The van der Waals surface area contributed by atoms with Crippen molar-refractivity contribution in [2.24, 2.45) is 0 Å². The number of rotatable bonds is 7. The van der Waals surface area contributed by atoms with E-state index in [2.05, 4.69) is 10.6 Å². The molecule has 20 heavy (non-hydrogen) atoms. The lowest BCUT2D eigenvalue weighted by atomic mass is 10.2. The third-order valence-corrected chi connectivity index (χ3v) is 2.81. The lowest BCUT2D eigenvalue weighted by Gasteiger charge is -2.07. The van der Waals surface area contributed by atoms with Crippen LogP contribution in [0.25, 0.3) is 0 Å². The van der Waals surface area contributed by atoms with Gasteiger partial charge in [0.25, 0.3) is 0 Å². The summed E-state index contributed by atoms with van der Waals surface area (Å²) in [5, 5.41) is 5.86. The summed E-state index contributed by atoms with van der Waals surface area (Å²) >= 11 is 0. The third-order valence-electron chi connectivity index (χ3n) is 2.81. The van der Waals surface area contributed by atoms with Crippen LogP contribution in [-0.4, -0.2) is 19.6 Å². The molecular formula is C15H18N2O3. The van der Waals surface area contributed by atoms with Crippen molar-refractivity contribution in [2.45, 2.75) is 13.1 Å². The van der Waals surface area contributed by atoms with Crippen LogP contribution in [0.2, 0.25) is 0 Å². The average Bonchev–Trinajstić information content (AvgIpc) is 2.99. The van der Waals surface area contributed by atoms with E-state index in [9.17, 15) is 4.79 Å². The minimum atomic E-state index is -0.0487. The van der Waals surface area contributed by atoms with Crippen molar-refractivity contribution in [3.8, 4) is 5.75 Å². The maximum absolute atomic E-state index is 11.6. The minimum absolute atomic E-state index is 0.0487. The van der Waals surface area contributed by atoms with Gasteiger partial charge >= 0.3 is 0 Å². The molecule has 1 amide bonds.